The van der Waals surface area contributed by atoms with Crippen LogP contribution in [0.25, 0.3) is 32.7 Å². The predicted molar refractivity (Wildman–Crippen MR) is 355 cm³/mol. The lowest BCUT2D eigenvalue weighted by Gasteiger charge is -2.59. The zero-order valence-electron chi connectivity index (χ0n) is 51.3. The number of hydrogen-bond donors (Lipinski definition) is 0. The third-order valence-corrected chi connectivity index (χ3v) is 22.7. The summed E-state index contributed by atoms with van der Waals surface area (Å²) < 4.78 is 24.2. The van der Waals surface area contributed by atoms with Crippen LogP contribution in [-0.2, 0) is 20.8 Å². The smallest absolute Gasteiger partial charge is 0.135 e. The van der Waals surface area contributed by atoms with Gasteiger partial charge in [0, 0.05) is 102 Å². The van der Waals surface area contributed by atoms with Crippen molar-refractivity contribution in [2.75, 3.05) is 90.2 Å². The normalized spacial score (nSPS) is 30.0. The van der Waals surface area contributed by atoms with Gasteiger partial charge in [0.15, 0.2) is 0 Å². The number of rotatable bonds is 27. The molecule has 15 atom stereocenters. The Morgan fingerprint density at radius 1 is 0.448 bits per heavy atom. The summed E-state index contributed by atoms with van der Waals surface area (Å²) in [6.07, 6.45) is 25.0. The van der Waals surface area contributed by atoms with Crippen LogP contribution in [0.4, 0.5) is 5.69 Å². The van der Waals surface area contributed by atoms with E-state index >= 15 is 0 Å². The maximum atomic E-state index is 7.11. The van der Waals surface area contributed by atoms with E-state index in [9.17, 15) is 0 Å². The molecule has 0 N–H and O–H groups in total. The van der Waals surface area contributed by atoms with E-state index in [4.69, 9.17) is 29.2 Å². The fourth-order valence-corrected chi connectivity index (χ4v) is 18.3. The summed E-state index contributed by atoms with van der Waals surface area (Å²) in [7, 11) is 0. The molecule has 0 amide bonds. The number of quaternary nitrogens is 3. The number of nitrogens with zero attached hydrogens (tertiary/aromatic N) is 7. The first-order valence-electron chi connectivity index (χ1n) is 32.7. The van der Waals surface area contributed by atoms with Crippen LogP contribution in [-0.4, -0.2) is 132 Å². The Labute approximate surface area is 517 Å². The first-order chi connectivity index (χ1) is 42.7. The molecule has 12 heterocycles. The van der Waals surface area contributed by atoms with Gasteiger partial charge in [-0.2, -0.15) is 0 Å². The van der Waals surface area contributed by atoms with Gasteiger partial charge in [-0.15, -0.1) is 39.5 Å². The highest BCUT2D eigenvalue weighted by Crippen LogP contribution is 2.52. The molecule has 10 heteroatoms. The van der Waals surface area contributed by atoms with Gasteiger partial charge in [0.25, 0.3) is 0 Å². The predicted octanol–water partition coefficient (Wildman–Crippen LogP) is 14.7. The van der Waals surface area contributed by atoms with Crippen LogP contribution in [0.15, 0.2) is 210 Å². The van der Waals surface area contributed by atoms with Crippen molar-refractivity contribution in [1.29, 1.82) is 0 Å². The first-order valence-corrected chi connectivity index (χ1v) is 32.7. The molecule has 3 aromatic heterocycles. The number of ether oxygens (including phenoxy) is 3. The minimum Gasteiger partial charge on any atom is -0.363 e. The minimum absolute atomic E-state index is 0.106. The molecule has 10 nitrogen and oxygen atoms in total. The summed E-state index contributed by atoms with van der Waals surface area (Å²) in [4.78, 5) is 17.3. The molecule has 0 saturated carbocycles. The van der Waals surface area contributed by atoms with Crippen LogP contribution in [0.3, 0.4) is 0 Å². The highest BCUT2D eigenvalue weighted by molar-refractivity contribution is 5.84. The van der Waals surface area contributed by atoms with E-state index in [1.807, 2.05) is 36.8 Å². The maximum Gasteiger partial charge on any atom is 0.135 e. The van der Waals surface area contributed by atoms with Crippen molar-refractivity contribution in [3.8, 4) is 0 Å². The monoisotopic (exact) mass is 1160 g/mol. The molecule has 7 aromatic rings. The number of para-hydroxylation sites is 3. The minimum atomic E-state index is -0.116. The SMILES string of the molecule is C=CCO[C@H](c1ccnc2ccccc12)[C@H]1C[C@@H]2CC[N@@+]1(CCN(CC[N@@+]13CC[C@@H](C[C@@H]1[C@H](OCC=C)c1ccnc4ccccc14)[C@@H](C=C)C3)c1ccc(C[N@@+]34CC[C@@H](C[C@@H]3[C@H](OCC=C)c3ccnc5ccccc35)[C@@H](C=C)C4)cc1)C[C@@H]2C=C. The van der Waals surface area contributed by atoms with Crippen LogP contribution in [0.2, 0.25) is 0 Å². The molecular formula is C77H92N7O3+3. The van der Waals surface area contributed by atoms with Gasteiger partial charge in [-0.1, -0.05) is 103 Å². The second kappa shape index (κ2) is 25.7. The Bertz CT molecular complexity index is 3460. The Hall–Kier alpha value is -6.89. The molecule has 16 rings (SSSR count). The van der Waals surface area contributed by atoms with Gasteiger partial charge in [-0.05, 0) is 83.0 Å². The lowest BCUT2D eigenvalue weighted by molar-refractivity contribution is -0.985. The van der Waals surface area contributed by atoms with E-state index in [0.29, 0.717) is 55.3 Å². The summed E-state index contributed by atoms with van der Waals surface area (Å²) in [6.45, 7) is 38.7. The average molecular weight is 1160 g/mol. The molecule has 4 aromatic carbocycles. The number of fused-ring (bicyclic) bond motifs is 12. The van der Waals surface area contributed by atoms with E-state index < -0.39 is 0 Å². The Morgan fingerprint density at radius 3 is 1.18 bits per heavy atom. The number of anilines is 1. The molecule has 9 aliphatic rings. The van der Waals surface area contributed by atoms with Crippen LogP contribution in [0.5, 0.6) is 0 Å². The van der Waals surface area contributed by atoms with Crippen molar-refractivity contribution in [3.63, 3.8) is 0 Å². The fourth-order valence-electron chi connectivity index (χ4n) is 18.3. The largest absolute Gasteiger partial charge is 0.363 e. The molecule has 0 spiro atoms. The Kier molecular flexibility index (Phi) is 17.4. The molecule has 0 unspecified atom stereocenters. The van der Waals surface area contributed by atoms with Crippen LogP contribution >= 0.6 is 0 Å². The van der Waals surface area contributed by atoms with E-state index in [2.05, 4.69) is 178 Å². The summed E-state index contributed by atoms with van der Waals surface area (Å²) in [5, 5.41) is 3.53. The highest BCUT2D eigenvalue weighted by Gasteiger charge is 2.58. The number of benzene rings is 4. The van der Waals surface area contributed by atoms with Crippen molar-refractivity contribution in [1.82, 2.24) is 15.0 Å². The topological polar surface area (TPSA) is 69.6 Å². The van der Waals surface area contributed by atoms with Gasteiger partial charge in [0.2, 0.25) is 0 Å². The maximum absolute atomic E-state index is 7.11. The second-order valence-corrected chi connectivity index (χ2v) is 26.8. The molecule has 9 saturated heterocycles. The summed E-state index contributed by atoms with van der Waals surface area (Å²) in [6, 6.07) is 43.1. The summed E-state index contributed by atoms with van der Waals surface area (Å²) >= 11 is 0. The van der Waals surface area contributed by atoms with Crippen LogP contribution in [0.1, 0.15) is 79.1 Å². The third kappa shape index (κ3) is 11.3. The number of aromatic nitrogens is 3. The van der Waals surface area contributed by atoms with Gasteiger partial charge in [-0.3, -0.25) is 15.0 Å². The number of piperidine rings is 9. The number of pyridine rings is 3. The van der Waals surface area contributed by atoms with E-state index in [1.165, 1.54) is 63.4 Å². The zero-order valence-corrected chi connectivity index (χ0v) is 51.3. The lowest BCUT2D eigenvalue weighted by atomic mass is 9.71. The van der Waals surface area contributed by atoms with Crippen LogP contribution < -0.4 is 4.90 Å². The van der Waals surface area contributed by atoms with Crippen molar-refractivity contribution in [2.24, 2.45) is 35.5 Å². The molecule has 0 radical (unpaired) electrons. The van der Waals surface area contributed by atoms with Gasteiger partial charge < -0.3 is 32.6 Å². The van der Waals surface area contributed by atoms with Gasteiger partial charge >= 0.3 is 0 Å². The molecule has 9 aliphatic heterocycles. The van der Waals surface area contributed by atoms with Crippen molar-refractivity contribution >= 4 is 38.4 Å². The van der Waals surface area contributed by atoms with Gasteiger partial charge in [0.1, 0.15) is 43.0 Å². The summed E-state index contributed by atoms with van der Waals surface area (Å²) in [5.41, 5.74) is 9.40. The Morgan fingerprint density at radius 2 is 0.805 bits per heavy atom. The molecule has 87 heavy (non-hydrogen) atoms. The standard InChI is InChI=1S/C77H92N7O3/c1-7-45-85-75(66-29-35-78-69-22-16-13-19-63(66)69)72-48-59-32-40-82(72,52-56(59)10-4)43-38-81(39-44-83-41-33-60(57(11-5)53-83)49-73(83)76(86-46-8-2)67-30-36-79-70-23-17-14-20-64(67)70)62-27-25-55(26-28-62)51-84-42-34-61(58(12-6)54-84)50-74(84)77(87-47-9-3)68-31-37-80-71-24-18-15-21-65(68)71/h7-31,35-37,56-61,72-77H,1-6,32-34,38-54H2/q+3/t56-,57-,58-,59-,60-,61-,72+,73+,74+,75+,76+,77+,82+,83+,84+/m0/s1. The van der Waals surface area contributed by atoms with Crippen molar-refractivity contribution in [2.45, 2.75) is 81.5 Å². The van der Waals surface area contributed by atoms with E-state index in [1.54, 1.807) is 0 Å². The fraction of sp³-hybridized carbons (Fsp3) is 0.416. The van der Waals surface area contributed by atoms with Crippen molar-refractivity contribution in [3.05, 3.63) is 232 Å². The highest BCUT2D eigenvalue weighted by atomic mass is 16.5. The first kappa shape index (κ1) is 59.1. The van der Waals surface area contributed by atoms with Crippen molar-refractivity contribution < 1.29 is 27.7 Å². The molecule has 6 bridgehead atoms. The second-order valence-electron chi connectivity index (χ2n) is 26.8. The average Bonchev–Trinajstić information content (AvgIpc) is 0.853. The van der Waals surface area contributed by atoms with Crippen LogP contribution in [0, 0.1) is 35.5 Å². The van der Waals surface area contributed by atoms with E-state index in [0.717, 1.165) is 121 Å². The molecule has 0 aliphatic carbocycles. The molecular weight excluding hydrogens is 1070 g/mol. The zero-order chi connectivity index (χ0) is 59.5. The quantitative estimate of drug-likeness (QED) is 0.0375. The molecule has 9 fully saturated rings. The summed E-state index contributed by atoms with van der Waals surface area (Å²) in [5.74, 6) is 3.11. The van der Waals surface area contributed by atoms with Gasteiger partial charge in [-0.25, -0.2) is 0 Å². The van der Waals surface area contributed by atoms with Gasteiger partial charge in [0.05, 0.1) is 102 Å². The molecule has 450 valence electrons. The number of hydrogen-bond acceptors (Lipinski definition) is 7. The Balaban J connectivity index is 0.871. The van der Waals surface area contributed by atoms with E-state index in [-0.39, 0.29) is 36.4 Å². The lowest BCUT2D eigenvalue weighted by Crippen LogP contribution is -2.70. The third-order valence-electron chi connectivity index (χ3n) is 22.7.